The Balaban J connectivity index is 2.16. The first kappa shape index (κ1) is 13.6. The van der Waals surface area contributed by atoms with E-state index in [1.165, 1.54) is 12.8 Å². The van der Waals surface area contributed by atoms with Crippen LogP contribution in [0.1, 0.15) is 25.5 Å². The largest absolute Gasteiger partial charge is 0.478 e. The van der Waals surface area contributed by atoms with Gasteiger partial charge in [-0.1, -0.05) is 15.9 Å². The number of ether oxygens (including phenoxy) is 1. The van der Waals surface area contributed by atoms with Gasteiger partial charge >= 0.3 is 0 Å². The Hall–Kier alpha value is -0.840. The zero-order valence-electron chi connectivity index (χ0n) is 11.0. The molecule has 100 valence electrons. The van der Waals surface area contributed by atoms with Crippen molar-refractivity contribution in [2.24, 2.45) is 5.92 Å². The number of aryl methyl sites for hydroxylation is 1. The summed E-state index contributed by atoms with van der Waals surface area (Å²) in [5, 5.41) is 1.05. The molecule has 0 radical (unpaired) electrons. The molecule has 0 aliphatic carbocycles. The van der Waals surface area contributed by atoms with E-state index in [4.69, 9.17) is 4.74 Å². The SMILES string of the molecule is CCOc1cc(C)nc(N2CCCC(CBr)C2)n1. The Morgan fingerprint density at radius 2 is 2.33 bits per heavy atom. The molecule has 0 spiro atoms. The maximum Gasteiger partial charge on any atom is 0.228 e. The Kier molecular flexibility index (Phi) is 4.80. The van der Waals surface area contributed by atoms with E-state index in [-0.39, 0.29) is 0 Å². The van der Waals surface area contributed by atoms with Crippen molar-refractivity contribution in [3.8, 4) is 5.88 Å². The van der Waals surface area contributed by atoms with Gasteiger partial charge in [0.25, 0.3) is 0 Å². The van der Waals surface area contributed by atoms with Gasteiger partial charge in [-0.15, -0.1) is 0 Å². The number of aromatic nitrogens is 2. The average Bonchev–Trinajstić information content (AvgIpc) is 2.38. The summed E-state index contributed by atoms with van der Waals surface area (Å²) in [7, 11) is 0. The highest BCUT2D eigenvalue weighted by molar-refractivity contribution is 9.09. The van der Waals surface area contributed by atoms with Gasteiger partial charge < -0.3 is 9.64 Å². The topological polar surface area (TPSA) is 38.2 Å². The molecule has 1 fully saturated rings. The molecule has 1 aliphatic heterocycles. The molecule has 5 heteroatoms. The fourth-order valence-electron chi connectivity index (χ4n) is 2.26. The number of rotatable bonds is 4. The standard InChI is InChI=1S/C13H20BrN3O/c1-3-18-12-7-10(2)15-13(16-12)17-6-4-5-11(8-14)9-17/h7,11H,3-6,8-9H2,1-2H3. The minimum Gasteiger partial charge on any atom is -0.478 e. The summed E-state index contributed by atoms with van der Waals surface area (Å²) in [6, 6.07) is 1.89. The van der Waals surface area contributed by atoms with Crippen LogP contribution in [0.4, 0.5) is 5.95 Å². The molecule has 1 atom stereocenters. The van der Waals surface area contributed by atoms with Crippen LogP contribution in [0.2, 0.25) is 0 Å². The summed E-state index contributed by atoms with van der Waals surface area (Å²) in [5.74, 6) is 2.18. The monoisotopic (exact) mass is 313 g/mol. The minimum atomic E-state index is 0.639. The summed E-state index contributed by atoms with van der Waals surface area (Å²) in [6.45, 7) is 6.66. The molecule has 0 amide bonds. The van der Waals surface area contributed by atoms with E-state index in [1.807, 2.05) is 19.9 Å². The molecule has 1 aromatic rings. The van der Waals surface area contributed by atoms with Crippen molar-refractivity contribution >= 4 is 21.9 Å². The van der Waals surface area contributed by atoms with E-state index in [2.05, 4.69) is 30.8 Å². The molecule has 2 rings (SSSR count). The van der Waals surface area contributed by atoms with Gasteiger partial charge in [-0.05, 0) is 32.6 Å². The van der Waals surface area contributed by atoms with Gasteiger partial charge in [-0.3, -0.25) is 0 Å². The van der Waals surface area contributed by atoms with Crippen molar-refractivity contribution in [3.05, 3.63) is 11.8 Å². The zero-order chi connectivity index (χ0) is 13.0. The van der Waals surface area contributed by atoms with E-state index in [9.17, 15) is 0 Å². The number of piperidine rings is 1. The fraction of sp³-hybridized carbons (Fsp3) is 0.692. The molecule has 18 heavy (non-hydrogen) atoms. The van der Waals surface area contributed by atoms with Crippen LogP contribution < -0.4 is 9.64 Å². The van der Waals surface area contributed by atoms with Crippen molar-refractivity contribution in [3.63, 3.8) is 0 Å². The van der Waals surface area contributed by atoms with Crippen LogP contribution >= 0.6 is 15.9 Å². The number of halogens is 1. The first-order valence-electron chi connectivity index (χ1n) is 6.52. The van der Waals surface area contributed by atoms with E-state index >= 15 is 0 Å². The molecule has 0 bridgehead atoms. The molecule has 4 nitrogen and oxygen atoms in total. The van der Waals surface area contributed by atoms with Crippen molar-refractivity contribution in [2.45, 2.75) is 26.7 Å². The predicted octanol–water partition coefficient (Wildman–Crippen LogP) is 2.80. The van der Waals surface area contributed by atoms with Crippen LogP contribution in [0.15, 0.2) is 6.07 Å². The van der Waals surface area contributed by atoms with Crippen molar-refractivity contribution in [1.82, 2.24) is 9.97 Å². The van der Waals surface area contributed by atoms with E-state index < -0.39 is 0 Å². The minimum absolute atomic E-state index is 0.639. The van der Waals surface area contributed by atoms with Crippen LogP contribution in [-0.4, -0.2) is 35.0 Å². The lowest BCUT2D eigenvalue weighted by molar-refractivity contribution is 0.325. The van der Waals surface area contributed by atoms with Crippen molar-refractivity contribution < 1.29 is 4.74 Å². The number of hydrogen-bond donors (Lipinski definition) is 0. The fourth-order valence-corrected chi connectivity index (χ4v) is 2.79. The molecule has 0 N–H and O–H groups in total. The zero-order valence-corrected chi connectivity index (χ0v) is 12.6. The van der Waals surface area contributed by atoms with Crippen molar-refractivity contribution in [1.29, 1.82) is 0 Å². The molecule has 1 aliphatic rings. The first-order valence-corrected chi connectivity index (χ1v) is 7.64. The smallest absolute Gasteiger partial charge is 0.228 e. The third-order valence-corrected chi connectivity index (χ3v) is 4.05. The highest BCUT2D eigenvalue weighted by Gasteiger charge is 2.21. The quantitative estimate of drug-likeness (QED) is 0.801. The molecule has 1 unspecified atom stereocenters. The maximum absolute atomic E-state index is 5.48. The lowest BCUT2D eigenvalue weighted by Crippen LogP contribution is -2.37. The second-order valence-electron chi connectivity index (χ2n) is 4.69. The second-order valence-corrected chi connectivity index (χ2v) is 5.34. The number of nitrogens with zero attached hydrogens (tertiary/aromatic N) is 3. The molecule has 0 aromatic carbocycles. The van der Waals surface area contributed by atoms with Gasteiger partial charge in [-0.2, -0.15) is 4.98 Å². The van der Waals surface area contributed by atoms with Gasteiger partial charge in [0.15, 0.2) is 0 Å². The van der Waals surface area contributed by atoms with Crippen LogP contribution in [0.3, 0.4) is 0 Å². The third-order valence-electron chi connectivity index (χ3n) is 3.13. The highest BCUT2D eigenvalue weighted by Crippen LogP contribution is 2.23. The lowest BCUT2D eigenvalue weighted by atomic mass is 10.0. The molecule has 2 heterocycles. The van der Waals surface area contributed by atoms with Gasteiger partial charge in [0.05, 0.1) is 6.61 Å². The Morgan fingerprint density at radius 1 is 1.50 bits per heavy atom. The average molecular weight is 314 g/mol. The van der Waals surface area contributed by atoms with E-state index in [1.54, 1.807) is 0 Å². The molecule has 0 saturated carbocycles. The normalized spacial score (nSPS) is 19.9. The lowest BCUT2D eigenvalue weighted by Gasteiger charge is -2.32. The van der Waals surface area contributed by atoms with Gasteiger partial charge in [-0.25, -0.2) is 4.98 Å². The summed E-state index contributed by atoms with van der Waals surface area (Å²) >= 11 is 3.57. The number of hydrogen-bond acceptors (Lipinski definition) is 4. The number of anilines is 1. The summed E-state index contributed by atoms with van der Waals surface area (Å²) < 4.78 is 5.48. The van der Waals surface area contributed by atoms with Crippen LogP contribution in [0.5, 0.6) is 5.88 Å². The second kappa shape index (κ2) is 6.36. The molecule has 1 aromatic heterocycles. The molecular weight excluding hydrogens is 294 g/mol. The maximum atomic E-state index is 5.48. The first-order chi connectivity index (χ1) is 8.72. The van der Waals surface area contributed by atoms with E-state index in [0.29, 0.717) is 18.4 Å². The summed E-state index contributed by atoms with van der Waals surface area (Å²) in [5.41, 5.74) is 0.962. The summed E-state index contributed by atoms with van der Waals surface area (Å²) in [6.07, 6.45) is 2.49. The van der Waals surface area contributed by atoms with Crippen LogP contribution in [0, 0.1) is 12.8 Å². The van der Waals surface area contributed by atoms with E-state index in [0.717, 1.165) is 30.1 Å². The number of alkyl halides is 1. The Bertz CT molecular complexity index is 400. The van der Waals surface area contributed by atoms with Gasteiger partial charge in [0, 0.05) is 30.2 Å². The van der Waals surface area contributed by atoms with Crippen molar-refractivity contribution in [2.75, 3.05) is 29.9 Å². The molecular formula is C13H20BrN3O. The van der Waals surface area contributed by atoms with Crippen LogP contribution in [0.25, 0.3) is 0 Å². The summed E-state index contributed by atoms with van der Waals surface area (Å²) in [4.78, 5) is 11.3. The van der Waals surface area contributed by atoms with Crippen LogP contribution in [-0.2, 0) is 0 Å². The highest BCUT2D eigenvalue weighted by atomic mass is 79.9. The van der Waals surface area contributed by atoms with Gasteiger partial charge in [0.1, 0.15) is 0 Å². The Labute approximate surface area is 117 Å². The third kappa shape index (κ3) is 3.34. The molecule has 1 saturated heterocycles. The van der Waals surface area contributed by atoms with Gasteiger partial charge in [0.2, 0.25) is 11.8 Å². The predicted molar refractivity (Wildman–Crippen MR) is 76.7 cm³/mol. The Morgan fingerprint density at radius 3 is 3.06 bits per heavy atom.